The second-order valence-electron chi connectivity index (χ2n) is 10.3. The molecule has 3 aromatic rings. The van der Waals surface area contributed by atoms with Crippen LogP contribution in [0.15, 0.2) is 40.8 Å². The maximum absolute atomic E-state index is 7.33. The summed E-state index contributed by atoms with van der Waals surface area (Å²) in [6.07, 6.45) is 0.433. The fourth-order valence-corrected chi connectivity index (χ4v) is 5.23. The molecular formula is C26H33ClN4O2Si. The fourth-order valence-electron chi connectivity index (χ4n) is 3.56. The molecule has 0 aliphatic heterocycles. The van der Waals surface area contributed by atoms with Crippen molar-refractivity contribution in [3.05, 3.63) is 69.9 Å². The van der Waals surface area contributed by atoms with Crippen molar-refractivity contribution in [3.8, 4) is 11.5 Å². The summed E-state index contributed by atoms with van der Waals surface area (Å²) in [5.41, 5.74) is 9.67. The summed E-state index contributed by atoms with van der Waals surface area (Å²) < 4.78 is 12.9. The standard InChI is InChI=1S/C26H33ClN4O2Si/c1-16-19(11-14-22(29-6)23(16)27)15-21(17(2)33-34(7,8)26(3,4)5)25-31-30-24(32-25)18-9-12-20(28)13-10-18/h9-14,17,21H,15,28H2,1-5,7-8H3/t17-,21+/m0/s1. The molecule has 0 aliphatic rings. The van der Waals surface area contributed by atoms with Crippen LogP contribution >= 0.6 is 11.6 Å². The molecule has 0 saturated heterocycles. The number of rotatable bonds is 7. The van der Waals surface area contributed by atoms with Crippen molar-refractivity contribution in [2.45, 2.75) is 71.2 Å². The van der Waals surface area contributed by atoms with Crippen LogP contribution in [0.2, 0.25) is 23.2 Å². The Morgan fingerprint density at radius 1 is 1.15 bits per heavy atom. The first kappa shape index (κ1) is 26.0. The molecule has 2 N–H and O–H groups in total. The van der Waals surface area contributed by atoms with Crippen LogP contribution in [0.25, 0.3) is 16.3 Å². The van der Waals surface area contributed by atoms with Crippen LogP contribution in [0.3, 0.4) is 0 Å². The molecule has 8 heteroatoms. The molecule has 34 heavy (non-hydrogen) atoms. The van der Waals surface area contributed by atoms with E-state index in [1.165, 1.54) is 0 Å². The number of benzene rings is 2. The maximum Gasteiger partial charge on any atom is 0.247 e. The Kier molecular flexibility index (Phi) is 7.56. The minimum atomic E-state index is -2.05. The summed E-state index contributed by atoms with van der Waals surface area (Å²) in [7, 11) is -2.05. The van der Waals surface area contributed by atoms with Gasteiger partial charge in [-0.05, 0) is 73.8 Å². The zero-order valence-corrected chi connectivity index (χ0v) is 22.7. The third-order valence-corrected chi connectivity index (χ3v) is 11.9. The van der Waals surface area contributed by atoms with E-state index in [9.17, 15) is 0 Å². The van der Waals surface area contributed by atoms with Crippen molar-refractivity contribution in [1.29, 1.82) is 0 Å². The van der Waals surface area contributed by atoms with Gasteiger partial charge >= 0.3 is 0 Å². The predicted molar refractivity (Wildman–Crippen MR) is 141 cm³/mol. The molecule has 0 fully saturated rings. The molecule has 0 radical (unpaired) electrons. The Labute approximate surface area is 208 Å². The lowest BCUT2D eigenvalue weighted by atomic mass is 9.92. The molecule has 0 aliphatic carbocycles. The Bertz CT molecular complexity index is 1190. The Hall–Kier alpha value is -2.66. The number of halogens is 1. The largest absolute Gasteiger partial charge is 0.420 e. The van der Waals surface area contributed by atoms with Crippen molar-refractivity contribution in [2.75, 3.05) is 5.73 Å². The van der Waals surface area contributed by atoms with Crippen LogP contribution in [0.5, 0.6) is 0 Å². The van der Waals surface area contributed by atoms with Gasteiger partial charge in [0.1, 0.15) is 0 Å². The second-order valence-corrected chi connectivity index (χ2v) is 15.4. The highest BCUT2D eigenvalue weighted by Crippen LogP contribution is 2.40. The van der Waals surface area contributed by atoms with Gasteiger partial charge in [-0.3, -0.25) is 0 Å². The molecular weight excluding hydrogens is 464 g/mol. The number of nitrogens with two attached hydrogens (primary N) is 1. The van der Waals surface area contributed by atoms with Gasteiger partial charge < -0.3 is 14.6 Å². The Morgan fingerprint density at radius 3 is 2.38 bits per heavy atom. The molecule has 6 nitrogen and oxygen atoms in total. The van der Waals surface area contributed by atoms with E-state index in [1.807, 2.05) is 37.3 Å². The summed E-state index contributed by atoms with van der Waals surface area (Å²) in [4.78, 5) is 3.51. The van der Waals surface area contributed by atoms with E-state index in [0.29, 0.717) is 34.6 Å². The van der Waals surface area contributed by atoms with E-state index < -0.39 is 8.32 Å². The van der Waals surface area contributed by atoms with Crippen molar-refractivity contribution >= 4 is 31.3 Å². The first-order chi connectivity index (χ1) is 15.8. The molecule has 0 saturated carbocycles. The summed E-state index contributed by atoms with van der Waals surface area (Å²) in [5, 5.41) is 9.27. The fraction of sp³-hybridized carbons (Fsp3) is 0.423. The molecule has 0 spiro atoms. The smallest absolute Gasteiger partial charge is 0.247 e. The van der Waals surface area contributed by atoms with Gasteiger partial charge in [-0.15, -0.1) is 10.2 Å². The van der Waals surface area contributed by atoms with Crippen molar-refractivity contribution in [2.24, 2.45) is 0 Å². The highest BCUT2D eigenvalue weighted by molar-refractivity contribution is 6.74. The summed E-state index contributed by atoms with van der Waals surface area (Å²) in [6, 6.07) is 11.1. The van der Waals surface area contributed by atoms with E-state index in [-0.39, 0.29) is 17.1 Å². The number of nitrogens with zero attached hydrogens (tertiary/aromatic N) is 3. The minimum Gasteiger partial charge on any atom is -0.420 e. The third kappa shape index (κ3) is 5.52. The Balaban J connectivity index is 2.00. The van der Waals surface area contributed by atoms with E-state index in [4.69, 9.17) is 32.7 Å². The normalized spacial score (nSPS) is 14.0. The summed E-state index contributed by atoms with van der Waals surface area (Å²) >= 11 is 6.47. The number of hydrogen-bond donors (Lipinski definition) is 1. The van der Waals surface area contributed by atoms with Crippen molar-refractivity contribution in [1.82, 2.24) is 10.2 Å². The van der Waals surface area contributed by atoms with Crippen LogP contribution in [0.1, 0.15) is 50.6 Å². The van der Waals surface area contributed by atoms with Gasteiger partial charge in [-0.25, -0.2) is 4.85 Å². The molecule has 1 heterocycles. The molecule has 2 atom stereocenters. The lowest BCUT2D eigenvalue weighted by Crippen LogP contribution is -2.44. The zero-order chi connectivity index (χ0) is 25.3. The van der Waals surface area contributed by atoms with Gasteiger partial charge in [0.25, 0.3) is 0 Å². The molecule has 3 rings (SSSR count). The topological polar surface area (TPSA) is 78.5 Å². The van der Waals surface area contributed by atoms with Gasteiger partial charge in [0.05, 0.1) is 23.6 Å². The molecule has 180 valence electrons. The number of aromatic nitrogens is 2. The first-order valence-electron chi connectivity index (χ1n) is 11.4. The molecule has 0 amide bonds. The predicted octanol–water partition coefficient (Wildman–Crippen LogP) is 7.57. The lowest BCUT2D eigenvalue weighted by molar-refractivity contribution is 0.154. The lowest BCUT2D eigenvalue weighted by Gasteiger charge is -2.40. The van der Waals surface area contributed by atoms with Crippen molar-refractivity contribution < 1.29 is 8.84 Å². The van der Waals surface area contributed by atoms with Gasteiger partial charge in [0.15, 0.2) is 8.32 Å². The van der Waals surface area contributed by atoms with Crippen LogP contribution in [-0.4, -0.2) is 24.6 Å². The van der Waals surface area contributed by atoms with Crippen LogP contribution in [0, 0.1) is 13.5 Å². The first-order valence-corrected chi connectivity index (χ1v) is 14.6. The Morgan fingerprint density at radius 2 is 1.79 bits per heavy atom. The third-order valence-electron chi connectivity index (χ3n) is 6.81. The van der Waals surface area contributed by atoms with E-state index in [0.717, 1.165) is 16.7 Å². The monoisotopic (exact) mass is 496 g/mol. The van der Waals surface area contributed by atoms with Crippen molar-refractivity contribution in [3.63, 3.8) is 0 Å². The second kappa shape index (κ2) is 9.91. The molecule has 2 aromatic carbocycles. The van der Waals surface area contributed by atoms with Gasteiger partial charge in [-0.1, -0.05) is 44.5 Å². The minimum absolute atomic E-state index is 0.0618. The summed E-state index contributed by atoms with van der Waals surface area (Å²) in [6.45, 7) is 22.5. The zero-order valence-electron chi connectivity index (χ0n) is 20.9. The number of hydrogen-bond acceptors (Lipinski definition) is 5. The average molecular weight is 497 g/mol. The van der Waals surface area contributed by atoms with Crippen LogP contribution in [-0.2, 0) is 10.8 Å². The van der Waals surface area contributed by atoms with Crippen LogP contribution in [0.4, 0.5) is 11.4 Å². The highest BCUT2D eigenvalue weighted by Gasteiger charge is 2.41. The molecule has 0 bridgehead atoms. The highest BCUT2D eigenvalue weighted by atomic mass is 35.5. The SMILES string of the molecule is [C-]#[N+]c1ccc(C[C@@H](c2nnc(-c3ccc(N)cc3)o2)[C@H](C)O[Si](C)(C)C(C)(C)C)c(C)c1Cl. The van der Waals surface area contributed by atoms with Gasteiger partial charge in [0, 0.05) is 11.3 Å². The van der Waals surface area contributed by atoms with E-state index in [1.54, 1.807) is 6.07 Å². The van der Waals surface area contributed by atoms with Gasteiger partial charge in [-0.2, -0.15) is 0 Å². The summed E-state index contributed by atoms with van der Waals surface area (Å²) in [5.74, 6) is 0.776. The van der Waals surface area contributed by atoms with E-state index in [2.05, 4.69) is 55.8 Å². The number of nitrogen functional groups attached to an aromatic ring is 1. The average Bonchev–Trinajstić information content (AvgIpc) is 3.24. The van der Waals surface area contributed by atoms with Crippen LogP contribution < -0.4 is 5.73 Å². The molecule has 0 unspecified atom stereocenters. The quantitative estimate of drug-likeness (QED) is 0.207. The van der Waals surface area contributed by atoms with E-state index >= 15 is 0 Å². The number of anilines is 1. The maximum atomic E-state index is 7.33. The molecule has 1 aromatic heterocycles. The van der Waals surface area contributed by atoms with Gasteiger partial charge in [0.2, 0.25) is 17.5 Å².